The van der Waals surface area contributed by atoms with Gasteiger partial charge < -0.3 is 131 Å². The third-order valence-electron chi connectivity index (χ3n) is 20.4. The van der Waals surface area contributed by atoms with E-state index in [9.17, 15) is 98.7 Å². The fraction of sp³-hybridized carbons (Fsp3) is 0.864. The van der Waals surface area contributed by atoms with E-state index in [-0.39, 0.29) is 184 Å². The molecule has 3 fully saturated rings. The van der Waals surface area contributed by atoms with Crippen LogP contribution >= 0.6 is 0 Å². The van der Waals surface area contributed by atoms with E-state index >= 15 is 0 Å². The largest absolute Gasteiger partial charge is 0.394 e. The summed E-state index contributed by atoms with van der Waals surface area (Å²) in [7, 11) is 1.48. The molecule has 0 saturated carbocycles. The van der Waals surface area contributed by atoms with Gasteiger partial charge in [-0.2, -0.15) is 0 Å². The Bertz CT molecular complexity index is 2610. The molecule has 3 heterocycles. The summed E-state index contributed by atoms with van der Waals surface area (Å²) in [6.07, 6.45) is 2.54. The highest BCUT2D eigenvalue weighted by Crippen LogP contribution is 2.27. The average molecular weight is 1700 g/mol. The first-order valence-corrected chi connectivity index (χ1v) is 42.6. The number of ketones is 4. The normalized spacial score (nSPS) is 23.6. The number of amides is 7. The lowest BCUT2D eigenvalue weighted by Gasteiger charge is -2.42. The summed E-state index contributed by atoms with van der Waals surface area (Å²) in [4.78, 5) is 139. The van der Waals surface area contributed by atoms with E-state index in [0.29, 0.717) is 109 Å². The summed E-state index contributed by atoms with van der Waals surface area (Å²) in [6, 6.07) is -3.24. The van der Waals surface area contributed by atoms with Crippen LogP contribution in [-0.4, -0.2) is 321 Å². The summed E-state index contributed by atoms with van der Waals surface area (Å²) < 4.78 is 57.4. The number of Topliss-reactive ketones (excluding diaryl/α,β-unsaturated/α-hetero) is 4. The van der Waals surface area contributed by atoms with Crippen LogP contribution in [0.3, 0.4) is 0 Å². The molecule has 15 atom stereocenters. The number of methoxy groups -OCH3 is 1. The van der Waals surface area contributed by atoms with Gasteiger partial charge in [0.05, 0.1) is 59.5 Å². The van der Waals surface area contributed by atoms with Gasteiger partial charge in [-0.1, -0.05) is 64.2 Å². The molecule has 0 bridgehead atoms. The van der Waals surface area contributed by atoms with Crippen molar-refractivity contribution in [2.75, 3.05) is 113 Å². The number of nitrogens with one attached hydrogen (secondary N) is 7. The summed E-state index contributed by atoms with van der Waals surface area (Å²) in [5.74, 6) is -2.55. The number of hydrogen-bond acceptors (Lipinski definition) is 30. The van der Waals surface area contributed by atoms with Gasteiger partial charge in [-0.25, -0.2) is 0 Å². The molecule has 3 rings (SSSR count). The highest BCUT2D eigenvalue weighted by molar-refractivity contribution is 5.81. The number of aliphatic hydroxyl groups is 9. The zero-order chi connectivity index (χ0) is 86.9. The summed E-state index contributed by atoms with van der Waals surface area (Å²) >= 11 is 0. The standard InChI is InChI=1S/C81H143N7O30/c1-55(92)85-69-75(106)72(103)62(48-89)116-78(69)113-42-24-20-32-58(95)28-15-13-17-30-60(97)36-45-110-52-81(88-67(101)35-19-11-9-7-5-6-8-10-12-23-39-84-68(102)51-109-4,53-111-46-37-61(98)31-18-14-16-29-59(96)33-21-25-43-114-79-70(86-56(2)93)76(107)73(104)63(49-90)117-79)54-112-47-38-66(100)83-41-27-40-82-65(99)34-22-26-44-115-80-71(87-57(3)94)77(108)74(105)64(50-91)118-80/h62-64,69-80,89-91,103-108H,5-54H2,1-4H3,(H,82,99)(H,83,100)(H,84,102)(H,85,92)(H,86,93)(H,87,94)(H,88,101)/t62?,63?,64?,69-,70-,71-,72-,73-,74-,75?,76?,77?,78+,79+,80+,81?/m0/s1. The molecule has 37 nitrogen and oxygen atoms in total. The first-order chi connectivity index (χ1) is 56.7. The molecule has 0 aromatic carbocycles. The van der Waals surface area contributed by atoms with Gasteiger partial charge in [0.25, 0.3) is 0 Å². The van der Waals surface area contributed by atoms with E-state index in [0.717, 1.165) is 57.8 Å². The van der Waals surface area contributed by atoms with Gasteiger partial charge >= 0.3 is 0 Å². The molecule has 0 spiro atoms. The number of carbonyl (C=O) groups is 11. The Morgan fingerprint density at radius 3 is 0.949 bits per heavy atom. The second-order valence-electron chi connectivity index (χ2n) is 30.9. The van der Waals surface area contributed by atoms with Crippen LogP contribution in [0.5, 0.6) is 0 Å². The van der Waals surface area contributed by atoms with Crippen molar-refractivity contribution in [3.8, 4) is 0 Å². The van der Waals surface area contributed by atoms with Gasteiger partial charge in [0.2, 0.25) is 41.4 Å². The minimum absolute atomic E-state index is 0.0234. The van der Waals surface area contributed by atoms with Crippen molar-refractivity contribution in [1.29, 1.82) is 0 Å². The van der Waals surface area contributed by atoms with Gasteiger partial charge in [0.15, 0.2) is 18.9 Å². The minimum atomic E-state index is -1.46. The van der Waals surface area contributed by atoms with Crippen molar-refractivity contribution >= 4 is 64.5 Å². The quantitative estimate of drug-likeness (QED) is 0.0364. The zero-order valence-corrected chi connectivity index (χ0v) is 70.1. The van der Waals surface area contributed by atoms with Gasteiger partial charge in [0, 0.05) is 138 Å². The van der Waals surface area contributed by atoms with Crippen molar-refractivity contribution in [3.63, 3.8) is 0 Å². The Morgan fingerprint density at radius 1 is 0.314 bits per heavy atom. The SMILES string of the molecule is COCC(=O)NCCCCCCCCCCCCC(=O)NC(COCCC(=O)CCCCCC(=O)CCCCO[C@@H]1OC(CO)[C@H](O)C(O)[C@@H]1NC(C)=O)(COCCC(=O)CCCCCC(=O)CCCCO[C@@H]1OC(CO)[C@H](O)C(O)[C@@H]1NC(C)=O)COCCC(=O)NCCCNC(=O)CCCCO[C@@H]1OC(CO)[C@H](O)C(O)[C@@H]1NC(C)=O. The first kappa shape index (κ1) is 106. The van der Waals surface area contributed by atoms with Crippen LogP contribution < -0.4 is 37.2 Å². The maximum absolute atomic E-state index is 14.0. The Kier molecular flexibility index (Phi) is 57.8. The molecule has 118 heavy (non-hydrogen) atoms. The van der Waals surface area contributed by atoms with Gasteiger partial charge in [0.1, 0.15) is 108 Å². The van der Waals surface area contributed by atoms with Crippen LogP contribution in [0.25, 0.3) is 0 Å². The molecule has 16 N–H and O–H groups in total. The maximum atomic E-state index is 14.0. The van der Waals surface area contributed by atoms with Crippen LogP contribution in [-0.2, 0) is 100 Å². The predicted molar refractivity (Wildman–Crippen MR) is 425 cm³/mol. The topological polar surface area (TPSA) is 546 Å². The lowest BCUT2D eigenvalue weighted by Crippen LogP contribution is -2.64. The molecule has 0 aromatic heterocycles. The van der Waals surface area contributed by atoms with Crippen molar-refractivity contribution in [2.45, 2.75) is 337 Å². The van der Waals surface area contributed by atoms with Crippen molar-refractivity contribution in [3.05, 3.63) is 0 Å². The minimum Gasteiger partial charge on any atom is -0.394 e. The highest BCUT2D eigenvalue weighted by atomic mass is 16.7. The molecule has 3 saturated heterocycles. The second-order valence-corrected chi connectivity index (χ2v) is 30.9. The number of hydrogen-bond donors (Lipinski definition) is 16. The van der Waals surface area contributed by atoms with E-state index < -0.39 is 135 Å². The summed E-state index contributed by atoms with van der Waals surface area (Å²) in [5.41, 5.74) is -1.35. The highest BCUT2D eigenvalue weighted by Gasteiger charge is 2.48. The molecule has 3 aliphatic heterocycles. The van der Waals surface area contributed by atoms with Crippen LogP contribution in [0.2, 0.25) is 0 Å². The number of carbonyl (C=O) groups excluding carboxylic acids is 11. The Morgan fingerprint density at radius 2 is 0.593 bits per heavy atom. The van der Waals surface area contributed by atoms with Crippen molar-refractivity contribution in [2.24, 2.45) is 0 Å². The molecule has 37 heteroatoms. The van der Waals surface area contributed by atoms with Crippen molar-refractivity contribution < 1.29 is 146 Å². The second kappa shape index (κ2) is 64.1. The number of aliphatic hydroxyl groups excluding tert-OH is 9. The Balaban J connectivity index is 1.57. The molecule has 7 amide bonds. The fourth-order valence-corrected chi connectivity index (χ4v) is 13.7. The maximum Gasteiger partial charge on any atom is 0.245 e. The molecule has 3 aliphatic rings. The third-order valence-corrected chi connectivity index (χ3v) is 20.4. The van der Waals surface area contributed by atoms with Gasteiger partial charge in [-0.3, -0.25) is 52.7 Å². The Hall–Kier alpha value is -5.79. The number of ether oxygens (including phenoxy) is 10. The summed E-state index contributed by atoms with van der Waals surface area (Å²) in [6.45, 7) is 2.78. The lowest BCUT2D eigenvalue weighted by molar-refractivity contribution is -0.270. The van der Waals surface area contributed by atoms with E-state index in [1.165, 1.54) is 27.9 Å². The van der Waals surface area contributed by atoms with Crippen molar-refractivity contribution in [1.82, 2.24) is 37.2 Å². The van der Waals surface area contributed by atoms with E-state index in [1.54, 1.807) is 0 Å². The molecule has 6 unspecified atom stereocenters. The molecule has 682 valence electrons. The van der Waals surface area contributed by atoms with Gasteiger partial charge in [-0.15, -0.1) is 0 Å². The fourth-order valence-electron chi connectivity index (χ4n) is 13.7. The van der Waals surface area contributed by atoms with E-state index in [2.05, 4.69) is 37.2 Å². The molecular formula is C81H143N7O30. The predicted octanol–water partition coefficient (Wildman–Crippen LogP) is 0.307. The Labute approximate surface area is 694 Å². The van der Waals surface area contributed by atoms with Gasteiger partial charge in [-0.05, 0) is 83.5 Å². The first-order valence-electron chi connectivity index (χ1n) is 42.6. The number of rotatable bonds is 71. The van der Waals surface area contributed by atoms with E-state index in [4.69, 9.17) is 47.4 Å². The molecule has 0 radical (unpaired) electrons. The van der Waals surface area contributed by atoms with Crippen LogP contribution in [0, 0.1) is 0 Å². The molecule has 0 aromatic rings. The molecular weight excluding hydrogens is 1550 g/mol. The average Bonchev–Trinajstić information content (AvgIpc) is 0.823. The van der Waals surface area contributed by atoms with Crippen LogP contribution in [0.4, 0.5) is 0 Å². The third kappa shape index (κ3) is 46.5. The van der Waals surface area contributed by atoms with Crippen LogP contribution in [0.1, 0.15) is 239 Å². The lowest BCUT2D eigenvalue weighted by atomic mass is 9.97. The number of unbranched alkanes of at least 4 members (excludes halogenated alkanes) is 16. The zero-order valence-electron chi connectivity index (χ0n) is 70.1. The molecule has 0 aliphatic carbocycles. The smallest absolute Gasteiger partial charge is 0.245 e. The summed E-state index contributed by atoms with van der Waals surface area (Å²) in [5, 5.41) is 110. The van der Waals surface area contributed by atoms with Crippen LogP contribution in [0.15, 0.2) is 0 Å². The van der Waals surface area contributed by atoms with E-state index in [1.807, 2.05) is 0 Å². The monoisotopic (exact) mass is 1690 g/mol.